The Morgan fingerprint density at radius 3 is 2.69 bits per heavy atom. The summed E-state index contributed by atoms with van der Waals surface area (Å²) in [5, 5.41) is 9.83. The van der Waals surface area contributed by atoms with E-state index in [4.69, 9.17) is 0 Å². The van der Waals surface area contributed by atoms with Crippen molar-refractivity contribution >= 4 is 11.8 Å². The van der Waals surface area contributed by atoms with Gasteiger partial charge in [0.25, 0.3) is 0 Å². The minimum Gasteiger partial charge on any atom is -0.493 e. The maximum absolute atomic E-state index is 9.30. The van der Waals surface area contributed by atoms with Crippen molar-refractivity contribution in [3.8, 4) is 5.88 Å². The number of aromatic hydroxyl groups is 1. The van der Waals surface area contributed by atoms with Gasteiger partial charge < -0.3 is 5.11 Å². The first-order valence-electron chi connectivity index (χ1n) is 4.67. The third-order valence-electron chi connectivity index (χ3n) is 1.77. The van der Waals surface area contributed by atoms with Gasteiger partial charge in [-0.05, 0) is 13.0 Å². The zero-order valence-electron chi connectivity index (χ0n) is 8.66. The molecule has 2 aromatic heterocycles. The molecule has 2 heterocycles. The number of nitrogens with zero attached hydrogens (tertiary/aromatic N) is 4. The van der Waals surface area contributed by atoms with E-state index in [1.54, 1.807) is 18.5 Å². The molecule has 0 spiro atoms. The van der Waals surface area contributed by atoms with Crippen LogP contribution in [0, 0.1) is 6.92 Å². The lowest BCUT2D eigenvalue weighted by atomic mass is 10.4. The second-order valence-electron chi connectivity index (χ2n) is 3.10. The van der Waals surface area contributed by atoms with Gasteiger partial charge in [0, 0.05) is 24.2 Å². The molecule has 0 saturated heterocycles. The summed E-state index contributed by atoms with van der Waals surface area (Å²) in [6, 6.07) is 3.28. The fourth-order valence-corrected chi connectivity index (χ4v) is 1.90. The summed E-state index contributed by atoms with van der Waals surface area (Å²) in [5.74, 6) is 1.30. The van der Waals surface area contributed by atoms with Gasteiger partial charge in [0.05, 0.1) is 5.75 Å². The van der Waals surface area contributed by atoms with E-state index >= 15 is 0 Å². The highest BCUT2D eigenvalue weighted by atomic mass is 32.2. The molecule has 0 saturated carbocycles. The van der Waals surface area contributed by atoms with Crippen LogP contribution < -0.4 is 0 Å². The largest absolute Gasteiger partial charge is 0.493 e. The van der Waals surface area contributed by atoms with Crippen LogP contribution in [0.2, 0.25) is 0 Å². The predicted octanol–water partition coefficient (Wildman–Crippen LogP) is 1.57. The molecule has 5 nitrogen and oxygen atoms in total. The Hall–Kier alpha value is -1.69. The number of hydrogen-bond donors (Lipinski definition) is 1. The number of hydrogen-bond acceptors (Lipinski definition) is 6. The third-order valence-corrected chi connectivity index (χ3v) is 2.61. The molecule has 0 aliphatic carbocycles. The molecule has 2 rings (SSSR count). The molecule has 82 valence electrons. The van der Waals surface area contributed by atoms with Gasteiger partial charge in [-0.25, -0.2) is 15.0 Å². The van der Waals surface area contributed by atoms with Crippen LogP contribution in [0.5, 0.6) is 5.88 Å². The molecule has 0 aromatic carbocycles. The second-order valence-corrected chi connectivity index (χ2v) is 4.05. The molecule has 6 heteroatoms. The van der Waals surface area contributed by atoms with E-state index in [9.17, 15) is 5.11 Å². The Labute approximate surface area is 97.0 Å². The number of aromatic nitrogens is 4. The summed E-state index contributed by atoms with van der Waals surface area (Å²) in [6.45, 7) is 1.81. The highest BCUT2D eigenvalue weighted by Crippen LogP contribution is 2.19. The van der Waals surface area contributed by atoms with Crippen LogP contribution in [0.1, 0.15) is 11.5 Å². The van der Waals surface area contributed by atoms with Gasteiger partial charge >= 0.3 is 0 Å². The monoisotopic (exact) mass is 234 g/mol. The first kappa shape index (κ1) is 10.8. The first-order chi connectivity index (χ1) is 7.74. The molecule has 0 aliphatic heterocycles. The highest BCUT2D eigenvalue weighted by Gasteiger charge is 2.03. The molecule has 16 heavy (non-hydrogen) atoms. The van der Waals surface area contributed by atoms with Crippen molar-refractivity contribution < 1.29 is 5.11 Å². The van der Waals surface area contributed by atoms with E-state index in [0.717, 1.165) is 11.5 Å². The van der Waals surface area contributed by atoms with Gasteiger partial charge in [-0.1, -0.05) is 11.8 Å². The van der Waals surface area contributed by atoms with Crippen molar-refractivity contribution in [3.05, 3.63) is 36.0 Å². The van der Waals surface area contributed by atoms with E-state index in [1.165, 1.54) is 17.8 Å². The zero-order valence-corrected chi connectivity index (χ0v) is 9.48. The second kappa shape index (κ2) is 4.89. The minimum absolute atomic E-state index is 0.0102. The summed E-state index contributed by atoms with van der Waals surface area (Å²) in [6.07, 6.45) is 3.38. The maximum Gasteiger partial charge on any atom is 0.215 e. The van der Waals surface area contributed by atoms with Crippen LogP contribution >= 0.6 is 11.8 Å². The Morgan fingerprint density at radius 2 is 2.00 bits per heavy atom. The van der Waals surface area contributed by atoms with Gasteiger partial charge in [-0.15, -0.1) is 0 Å². The molecular formula is C10H10N4OS. The third kappa shape index (κ3) is 2.90. The van der Waals surface area contributed by atoms with Crippen LogP contribution in [0.3, 0.4) is 0 Å². The van der Waals surface area contributed by atoms with E-state index in [2.05, 4.69) is 19.9 Å². The summed E-state index contributed by atoms with van der Waals surface area (Å²) < 4.78 is 0. The Kier molecular flexibility index (Phi) is 3.31. The normalized spacial score (nSPS) is 10.3. The Bertz CT molecular complexity index is 457. The zero-order chi connectivity index (χ0) is 11.4. The van der Waals surface area contributed by atoms with Gasteiger partial charge in [0.1, 0.15) is 5.82 Å². The first-order valence-corrected chi connectivity index (χ1v) is 5.66. The van der Waals surface area contributed by atoms with Crippen LogP contribution in [0.15, 0.2) is 29.7 Å². The number of rotatable bonds is 3. The van der Waals surface area contributed by atoms with E-state index < -0.39 is 0 Å². The van der Waals surface area contributed by atoms with Crippen LogP contribution in [0.4, 0.5) is 0 Å². The van der Waals surface area contributed by atoms with Crippen LogP contribution in [0.25, 0.3) is 0 Å². The average Bonchev–Trinajstić information content (AvgIpc) is 2.27. The molecule has 0 atom stereocenters. The van der Waals surface area contributed by atoms with Gasteiger partial charge in [0.15, 0.2) is 5.16 Å². The SMILES string of the molecule is Cc1cc(O)nc(SCc2ncccn2)n1. The molecule has 0 aliphatic rings. The fourth-order valence-electron chi connectivity index (χ4n) is 1.12. The molecule has 2 aromatic rings. The van der Waals surface area contributed by atoms with E-state index in [0.29, 0.717) is 10.9 Å². The van der Waals surface area contributed by atoms with E-state index in [1.807, 2.05) is 6.92 Å². The van der Waals surface area contributed by atoms with Gasteiger partial charge in [-0.2, -0.15) is 4.98 Å². The average molecular weight is 234 g/mol. The molecular weight excluding hydrogens is 224 g/mol. The smallest absolute Gasteiger partial charge is 0.215 e. The summed E-state index contributed by atoms with van der Waals surface area (Å²) in [7, 11) is 0. The lowest BCUT2D eigenvalue weighted by Crippen LogP contribution is -1.93. The Morgan fingerprint density at radius 1 is 1.25 bits per heavy atom. The quantitative estimate of drug-likeness (QED) is 0.642. The van der Waals surface area contributed by atoms with E-state index in [-0.39, 0.29) is 5.88 Å². The lowest BCUT2D eigenvalue weighted by Gasteiger charge is -2.01. The fraction of sp³-hybridized carbons (Fsp3) is 0.200. The van der Waals surface area contributed by atoms with Crippen molar-refractivity contribution in [2.24, 2.45) is 0 Å². The van der Waals surface area contributed by atoms with Crippen LogP contribution in [-0.2, 0) is 5.75 Å². The van der Waals surface area contributed by atoms with Crippen molar-refractivity contribution in [2.45, 2.75) is 17.8 Å². The van der Waals surface area contributed by atoms with Crippen molar-refractivity contribution in [3.63, 3.8) is 0 Å². The molecule has 0 bridgehead atoms. The van der Waals surface area contributed by atoms with Crippen LogP contribution in [-0.4, -0.2) is 25.0 Å². The Balaban J connectivity index is 2.05. The summed E-state index contributed by atoms with van der Waals surface area (Å²) >= 11 is 1.39. The van der Waals surface area contributed by atoms with Crippen molar-refractivity contribution in [1.29, 1.82) is 0 Å². The molecule has 0 radical (unpaired) electrons. The molecule has 0 amide bonds. The van der Waals surface area contributed by atoms with Crippen molar-refractivity contribution in [2.75, 3.05) is 0 Å². The number of aryl methyl sites for hydroxylation is 1. The molecule has 0 fully saturated rings. The molecule has 0 unspecified atom stereocenters. The summed E-state index contributed by atoms with van der Waals surface area (Å²) in [4.78, 5) is 16.3. The minimum atomic E-state index is -0.0102. The molecule has 1 N–H and O–H groups in total. The lowest BCUT2D eigenvalue weighted by molar-refractivity contribution is 0.444. The topological polar surface area (TPSA) is 71.8 Å². The number of thioether (sulfide) groups is 1. The van der Waals surface area contributed by atoms with Gasteiger partial charge in [0.2, 0.25) is 5.88 Å². The predicted molar refractivity (Wildman–Crippen MR) is 60.0 cm³/mol. The highest BCUT2D eigenvalue weighted by molar-refractivity contribution is 7.98. The van der Waals surface area contributed by atoms with Crippen molar-refractivity contribution in [1.82, 2.24) is 19.9 Å². The maximum atomic E-state index is 9.30. The standard InChI is InChI=1S/C10H10N4OS/c1-7-5-9(15)14-10(13-7)16-6-8-11-3-2-4-12-8/h2-5H,6H2,1H3,(H,13,14,15). The summed E-state index contributed by atoms with van der Waals surface area (Å²) in [5.41, 5.74) is 0.740. The van der Waals surface area contributed by atoms with Gasteiger partial charge in [-0.3, -0.25) is 0 Å².